The Morgan fingerprint density at radius 3 is 1.50 bits per heavy atom. The first-order chi connectivity index (χ1) is 8.58. The van der Waals surface area contributed by atoms with E-state index in [2.05, 4.69) is 48.4 Å². The summed E-state index contributed by atoms with van der Waals surface area (Å²) < 4.78 is 0. The molecule has 1 aliphatic rings. The van der Waals surface area contributed by atoms with Crippen LogP contribution in [0.4, 0.5) is 0 Å². The highest BCUT2D eigenvalue weighted by molar-refractivity contribution is 4.69. The number of hydrogen-bond acceptors (Lipinski definition) is 4. The van der Waals surface area contributed by atoms with E-state index in [1.165, 1.54) is 25.9 Å². The van der Waals surface area contributed by atoms with Gasteiger partial charge in [0, 0.05) is 38.3 Å². The fraction of sp³-hybridized carbons (Fsp3) is 1.00. The molecule has 0 amide bonds. The summed E-state index contributed by atoms with van der Waals surface area (Å²) in [6.45, 7) is 11.4. The Bertz CT molecular complexity index is 168. The normalized spacial score (nSPS) is 32.0. The monoisotopic (exact) mass is 256 g/mol. The van der Waals surface area contributed by atoms with Gasteiger partial charge in [-0.2, -0.15) is 0 Å². The third-order valence-corrected chi connectivity index (χ3v) is 3.86. The van der Waals surface area contributed by atoms with Gasteiger partial charge in [-0.15, -0.1) is 0 Å². The maximum atomic E-state index is 3.61. The largest absolute Gasteiger partial charge is 0.313 e. The third kappa shape index (κ3) is 7.31. The van der Waals surface area contributed by atoms with Crippen LogP contribution in [0.2, 0.25) is 0 Å². The van der Waals surface area contributed by atoms with Gasteiger partial charge in [-0.1, -0.05) is 0 Å². The summed E-state index contributed by atoms with van der Waals surface area (Å²) in [4.78, 5) is 4.85. The fourth-order valence-electron chi connectivity index (χ4n) is 2.26. The molecule has 1 saturated heterocycles. The Labute approximate surface area is 113 Å². The van der Waals surface area contributed by atoms with Crippen molar-refractivity contribution in [1.82, 2.24) is 20.4 Å². The van der Waals surface area contributed by atoms with Gasteiger partial charge in [-0.3, -0.25) is 0 Å². The van der Waals surface area contributed by atoms with Crippen LogP contribution in [-0.4, -0.2) is 75.2 Å². The van der Waals surface area contributed by atoms with Gasteiger partial charge in [0.1, 0.15) is 0 Å². The molecular formula is C14H32N4. The Morgan fingerprint density at radius 2 is 1.11 bits per heavy atom. The second-order valence-corrected chi connectivity index (χ2v) is 5.89. The van der Waals surface area contributed by atoms with E-state index in [0.717, 1.165) is 26.2 Å². The van der Waals surface area contributed by atoms with Crippen molar-refractivity contribution in [3.63, 3.8) is 0 Å². The minimum Gasteiger partial charge on any atom is -0.313 e. The molecule has 0 radical (unpaired) electrons. The third-order valence-electron chi connectivity index (χ3n) is 3.86. The van der Waals surface area contributed by atoms with Crippen LogP contribution in [0.5, 0.6) is 0 Å². The molecule has 2 atom stereocenters. The minimum absolute atomic E-state index is 0.621. The molecular weight excluding hydrogens is 224 g/mol. The lowest BCUT2D eigenvalue weighted by Gasteiger charge is -2.25. The summed E-state index contributed by atoms with van der Waals surface area (Å²) in [5.41, 5.74) is 0. The molecule has 4 heteroatoms. The van der Waals surface area contributed by atoms with Gasteiger partial charge in [0.2, 0.25) is 0 Å². The molecule has 108 valence electrons. The predicted molar refractivity (Wildman–Crippen MR) is 79.2 cm³/mol. The number of nitrogens with zero attached hydrogens (tertiary/aromatic N) is 2. The van der Waals surface area contributed by atoms with Crippen molar-refractivity contribution in [2.45, 2.75) is 38.8 Å². The summed E-state index contributed by atoms with van der Waals surface area (Å²) in [5.74, 6) is 0. The first-order valence-electron chi connectivity index (χ1n) is 7.41. The van der Waals surface area contributed by atoms with E-state index in [1.54, 1.807) is 0 Å². The summed E-state index contributed by atoms with van der Waals surface area (Å²) in [6.07, 6.45) is 2.46. The number of rotatable bonds is 0. The smallest absolute Gasteiger partial charge is 0.0104 e. The van der Waals surface area contributed by atoms with E-state index in [0.29, 0.717) is 12.1 Å². The van der Waals surface area contributed by atoms with Gasteiger partial charge in [0.25, 0.3) is 0 Å². The van der Waals surface area contributed by atoms with Crippen molar-refractivity contribution in [1.29, 1.82) is 0 Å². The highest BCUT2D eigenvalue weighted by Crippen LogP contribution is 1.97. The average Bonchev–Trinajstić information content (AvgIpc) is 2.33. The van der Waals surface area contributed by atoms with Crippen molar-refractivity contribution >= 4 is 0 Å². The Morgan fingerprint density at radius 1 is 0.722 bits per heavy atom. The molecule has 1 aliphatic heterocycles. The highest BCUT2D eigenvalue weighted by atomic mass is 15.1. The molecule has 0 aromatic carbocycles. The van der Waals surface area contributed by atoms with Crippen molar-refractivity contribution in [3.05, 3.63) is 0 Å². The molecule has 0 spiro atoms. The van der Waals surface area contributed by atoms with Crippen LogP contribution in [0.3, 0.4) is 0 Å². The standard InChI is InChI=1S/C14H32N4/c1-13-5-9-17(3)12-8-16-14(2)6-10-18(4)11-7-15-13/h13-16H,5-12H2,1-4H3. The van der Waals surface area contributed by atoms with Gasteiger partial charge in [0.05, 0.1) is 0 Å². The van der Waals surface area contributed by atoms with Crippen LogP contribution in [0.1, 0.15) is 26.7 Å². The zero-order valence-electron chi connectivity index (χ0n) is 12.7. The van der Waals surface area contributed by atoms with Crippen LogP contribution in [0, 0.1) is 0 Å². The Hall–Kier alpha value is -0.160. The molecule has 0 aliphatic carbocycles. The summed E-state index contributed by atoms with van der Waals surface area (Å²) in [7, 11) is 4.44. The molecule has 1 rings (SSSR count). The fourth-order valence-corrected chi connectivity index (χ4v) is 2.26. The highest BCUT2D eigenvalue weighted by Gasteiger charge is 2.08. The van der Waals surface area contributed by atoms with E-state index >= 15 is 0 Å². The maximum absolute atomic E-state index is 3.61. The average molecular weight is 256 g/mol. The zero-order valence-corrected chi connectivity index (χ0v) is 12.7. The van der Waals surface area contributed by atoms with E-state index in [1.807, 2.05) is 0 Å². The van der Waals surface area contributed by atoms with E-state index < -0.39 is 0 Å². The van der Waals surface area contributed by atoms with E-state index in [4.69, 9.17) is 0 Å². The molecule has 2 N–H and O–H groups in total. The zero-order chi connectivity index (χ0) is 13.4. The Balaban J connectivity index is 2.36. The maximum Gasteiger partial charge on any atom is 0.0104 e. The molecule has 18 heavy (non-hydrogen) atoms. The first kappa shape index (κ1) is 15.9. The molecule has 0 saturated carbocycles. The predicted octanol–water partition coefficient (Wildman–Crippen LogP) is 0.600. The molecule has 1 heterocycles. The van der Waals surface area contributed by atoms with Crippen molar-refractivity contribution in [2.24, 2.45) is 0 Å². The molecule has 0 aromatic heterocycles. The number of likely N-dealkylation sites (N-methyl/N-ethyl adjacent to an activating group) is 2. The van der Waals surface area contributed by atoms with Crippen molar-refractivity contribution in [2.75, 3.05) is 53.4 Å². The lowest BCUT2D eigenvalue weighted by atomic mass is 10.2. The van der Waals surface area contributed by atoms with E-state index in [-0.39, 0.29) is 0 Å². The van der Waals surface area contributed by atoms with Crippen LogP contribution < -0.4 is 10.6 Å². The molecule has 1 fully saturated rings. The van der Waals surface area contributed by atoms with Crippen LogP contribution in [0.25, 0.3) is 0 Å². The van der Waals surface area contributed by atoms with Gasteiger partial charge in [-0.25, -0.2) is 0 Å². The quantitative estimate of drug-likeness (QED) is 0.664. The SMILES string of the molecule is CC1CCN(C)CCNC(C)CCN(C)CCN1. The topological polar surface area (TPSA) is 30.5 Å². The van der Waals surface area contributed by atoms with Crippen molar-refractivity contribution in [3.8, 4) is 0 Å². The van der Waals surface area contributed by atoms with Gasteiger partial charge < -0.3 is 20.4 Å². The minimum atomic E-state index is 0.621. The van der Waals surface area contributed by atoms with Gasteiger partial charge in [0.15, 0.2) is 0 Å². The van der Waals surface area contributed by atoms with Gasteiger partial charge >= 0.3 is 0 Å². The first-order valence-corrected chi connectivity index (χ1v) is 7.41. The van der Waals surface area contributed by atoms with Crippen molar-refractivity contribution < 1.29 is 0 Å². The Kier molecular flexibility index (Phi) is 7.82. The molecule has 4 nitrogen and oxygen atoms in total. The summed E-state index contributed by atoms with van der Waals surface area (Å²) >= 11 is 0. The van der Waals surface area contributed by atoms with Crippen LogP contribution >= 0.6 is 0 Å². The molecule has 0 bridgehead atoms. The second-order valence-electron chi connectivity index (χ2n) is 5.89. The van der Waals surface area contributed by atoms with E-state index in [9.17, 15) is 0 Å². The summed E-state index contributed by atoms with van der Waals surface area (Å²) in [6, 6.07) is 1.24. The molecule has 2 unspecified atom stereocenters. The number of nitrogens with one attached hydrogen (secondary N) is 2. The van der Waals surface area contributed by atoms with Gasteiger partial charge in [-0.05, 0) is 53.9 Å². The lowest BCUT2D eigenvalue weighted by Crippen LogP contribution is -2.41. The summed E-state index contributed by atoms with van der Waals surface area (Å²) in [5, 5.41) is 7.23. The molecule has 0 aromatic rings. The van der Waals surface area contributed by atoms with Crippen LogP contribution in [-0.2, 0) is 0 Å². The number of hydrogen-bond donors (Lipinski definition) is 2. The lowest BCUT2D eigenvalue weighted by molar-refractivity contribution is 0.272. The van der Waals surface area contributed by atoms with Crippen LogP contribution in [0.15, 0.2) is 0 Å². The second kappa shape index (κ2) is 8.86.